The van der Waals surface area contributed by atoms with Crippen LogP contribution < -0.4 is 11.1 Å². The minimum Gasteiger partial charge on any atom is -0.367 e. The summed E-state index contributed by atoms with van der Waals surface area (Å²) >= 11 is 0. The minimum absolute atomic E-state index is 0.411. The van der Waals surface area contributed by atoms with Crippen LogP contribution in [0.4, 0.5) is 5.82 Å². The predicted octanol–water partition coefficient (Wildman–Crippen LogP) is 2.07. The molecule has 0 bridgehead atoms. The summed E-state index contributed by atoms with van der Waals surface area (Å²) in [4.78, 5) is 4.35. The molecule has 0 spiro atoms. The summed E-state index contributed by atoms with van der Waals surface area (Å²) in [5.74, 6) is 0.987. The number of anilines is 1. The molecule has 1 aliphatic rings. The first-order chi connectivity index (χ1) is 7.24. The number of hydrogen-bond acceptors (Lipinski definition) is 3. The van der Waals surface area contributed by atoms with Crippen molar-refractivity contribution in [2.45, 2.75) is 44.7 Å². The maximum atomic E-state index is 5.87. The fourth-order valence-corrected chi connectivity index (χ4v) is 2.03. The van der Waals surface area contributed by atoms with Crippen molar-refractivity contribution in [3.63, 3.8) is 0 Å². The molecule has 0 aliphatic heterocycles. The fraction of sp³-hybridized carbons (Fsp3) is 0.583. The molecular formula is C12H19N3. The molecule has 3 N–H and O–H groups in total. The minimum atomic E-state index is 0.411. The Morgan fingerprint density at radius 1 is 1.27 bits per heavy atom. The molecule has 3 heteroatoms. The van der Waals surface area contributed by atoms with Crippen LogP contribution >= 0.6 is 0 Å². The van der Waals surface area contributed by atoms with Crippen molar-refractivity contribution in [3.05, 3.63) is 23.9 Å². The highest BCUT2D eigenvalue weighted by molar-refractivity contribution is 5.36. The van der Waals surface area contributed by atoms with E-state index in [1.165, 1.54) is 5.56 Å². The Hall–Kier alpha value is -1.09. The van der Waals surface area contributed by atoms with Gasteiger partial charge in [-0.2, -0.15) is 0 Å². The lowest BCUT2D eigenvalue weighted by Crippen LogP contribution is -2.32. The van der Waals surface area contributed by atoms with E-state index in [1.807, 2.05) is 12.3 Å². The van der Waals surface area contributed by atoms with Gasteiger partial charge < -0.3 is 11.1 Å². The lowest BCUT2D eigenvalue weighted by atomic mass is 9.92. The molecule has 1 saturated carbocycles. The smallest absolute Gasteiger partial charge is 0.126 e. The van der Waals surface area contributed by atoms with E-state index in [1.54, 1.807) is 0 Å². The van der Waals surface area contributed by atoms with Crippen molar-refractivity contribution < 1.29 is 0 Å². The summed E-state index contributed by atoms with van der Waals surface area (Å²) in [5.41, 5.74) is 7.07. The standard InChI is InChI=1S/C12H19N3/c1-9-2-7-12(14-8-9)15-11-5-3-10(13)4-6-11/h2,7-8,10-11H,3-6,13H2,1H3,(H,14,15)/t10-,11+. The summed E-state index contributed by atoms with van der Waals surface area (Å²) in [5, 5.41) is 3.46. The SMILES string of the molecule is Cc1ccc(N[C@H]2CC[C@@H](N)CC2)nc1. The number of nitrogens with one attached hydrogen (secondary N) is 1. The molecule has 0 saturated heterocycles. The van der Waals surface area contributed by atoms with Gasteiger partial charge in [-0.25, -0.2) is 4.98 Å². The van der Waals surface area contributed by atoms with Crippen molar-refractivity contribution >= 4 is 5.82 Å². The highest BCUT2D eigenvalue weighted by Gasteiger charge is 2.18. The summed E-state index contributed by atoms with van der Waals surface area (Å²) < 4.78 is 0. The lowest BCUT2D eigenvalue weighted by molar-refractivity contribution is 0.410. The van der Waals surface area contributed by atoms with E-state index in [0.29, 0.717) is 12.1 Å². The van der Waals surface area contributed by atoms with Crippen LogP contribution in [-0.4, -0.2) is 17.1 Å². The molecule has 1 aliphatic carbocycles. The maximum Gasteiger partial charge on any atom is 0.126 e. The zero-order valence-electron chi connectivity index (χ0n) is 9.24. The van der Waals surface area contributed by atoms with Gasteiger partial charge in [0.2, 0.25) is 0 Å². The average molecular weight is 205 g/mol. The highest BCUT2D eigenvalue weighted by Crippen LogP contribution is 2.20. The third kappa shape index (κ3) is 2.93. The van der Waals surface area contributed by atoms with E-state index in [9.17, 15) is 0 Å². The first-order valence-electron chi connectivity index (χ1n) is 5.69. The predicted molar refractivity (Wildman–Crippen MR) is 62.8 cm³/mol. The van der Waals surface area contributed by atoms with Crippen LogP contribution in [0.3, 0.4) is 0 Å². The monoisotopic (exact) mass is 205 g/mol. The van der Waals surface area contributed by atoms with Crippen molar-refractivity contribution in [1.82, 2.24) is 4.98 Å². The second-order valence-corrected chi connectivity index (χ2v) is 4.48. The summed E-state index contributed by atoms with van der Waals surface area (Å²) in [6, 6.07) is 5.10. The van der Waals surface area contributed by atoms with Crippen molar-refractivity contribution in [2.75, 3.05) is 5.32 Å². The van der Waals surface area contributed by atoms with Crippen molar-refractivity contribution in [2.24, 2.45) is 5.73 Å². The van der Waals surface area contributed by atoms with Gasteiger partial charge in [-0.1, -0.05) is 6.07 Å². The summed E-state index contributed by atoms with van der Waals surface area (Å²) in [6.07, 6.45) is 6.48. The second-order valence-electron chi connectivity index (χ2n) is 4.48. The molecule has 0 aromatic carbocycles. The van der Waals surface area contributed by atoms with Crippen LogP contribution in [0.25, 0.3) is 0 Å². The van der Waals surface area contributed by atoms with E-state index < -0.39 is 0 Å². The van der Waals surface area contributed by atoms with Crippen LogP contribution in [0.5, 0.6) is 0 Å². The Morgan fingerprint density at radius 2 is 2.00 bits per heavy atom. The zero-order valence-corrected chi connectivity index (χ0v) is 9.24. The number of pyridine rings is 1. The van der Waals surface area contributed by atoms with Gasteiger partial charge in [0.15, 0.2) is 0 Å². The average Bonchev–Trinajstić information content (AvgIpc) is 2.25. The topological polar surface area (TPSA) is 50.9 Å². The summed E-state index contributed by atoms with van der Waals surface area (Å²) in [7, 11) is 0. The second kappa shape index (κ2) is 4.62. The quantitative estimate of drug-likeness (QED) is 0.777. The summed E-state index contributed by atoms with van der Waals surface area (Å²) in [6.45, 7) is 2.05. The van der Waals surface area contributed by atoms with Crippen LogP contribution in [0, 0.1) is 6.92 Å². The number of hydrogen-bond donors (Lipinski definition) is 2. The number of nitrogens with two attached hydrogens (primary N) is 1. The Bertz CT molecular complexity index is 299. The van der Waals surface area contributed by atoms with E-state index in [4.69, 9.17) is 5.73 Å². The van der Waals surface area contributed by atoms with Crippen LogP contribution in [0.15, 0.2) is 18.3 Å². The van der Waals surface area contributed by atoms with Gasteiger partial charge in [0.05, 0.1) is 0 Å². The van der Waals surface area contributed by atoms with Gasteiger partial charge in [-0.15, -0.1) is 0 Å². The first-order valence-corrected chi connectivity index (χ1v) is 5.69. The fourth-order valence-electron chi connectivity index (χ4n) is 2.03. The van der Waals surface area contributed by atoms with Gasteiger partial charge in [0.25, 0.3) is 0 Å². The largest absolute Gasteiger partial charge is 0.367 e. The highest BCUT2D eigenvalue weighted by atomic mass is 15.0. The van der Waals surface area contributed by atoms with Crippen LogP contribution in [0.2, 0.25) is 0 Å². The van der Waals surface area contributed by atoms with Crippen LogP contribution in [0.1, 0.15) is 31.2 Å². The molecule has 1 fully saturated rings. The van der Waals surface area contributed by atoms with Gasteiger partial charge in [-0.3, -0.25) is 0 Å². The van der Waals surface area contributed by atoms with Gasteiger partial charge >= 0.3 is 0 Å². The van der Waals surface area contributed by atoms with E-state index in [2.05, 4.69) is 23.3 Å². The number of nitrogens with zero attached hydrogens (tertiary/aromatic N) is 1. The molecule has 1 aromatic heterocycles. The molecule has 1 aromatic rings. The molecule has 1 heterocycles. The molecule has 82 valence electrons. The first kappa shape index (κ1) is 10.4. The molecule has 2 rings (SSSR count). The van der Waals surface area contributed by atoms with Gasteiger partial charge in [0, 0.05) is 18.3 Å². The third-order valence-electron chi connectivity index (χ3n) is 3.04. The number of aromatic nitrogens is 1. The molecule has 0 atom stereocenters. The van der Waals surface area contributed by atoms with E-state index >= 15 is 0 Å². The molecule has 0 radical (unpaired) electrons. The zero-order chi connectivity index (χ0) is 10.7. The van der Waals surface area contributed by atoms with E-state index in [0.717, 1.165) is 31.5 Å². The third-order valence-corrected chi connectivity index (χ3v) is 3.04. The Labute approximate surface area is 91.1 Å². The molecular weight excluding hydrogens is 186 g/mol. The molecule has 15 heavy (non-hydrogen) atoms. The molecule has 0 unspecified atom stereocenters. The maximum absolute atomic E-state index is 5.87. The Kier molecular flexibility index (Phi) is 3.21. The van der Waals surface area contributed by atoms with Crippen molar-refractivity contribution in [1.29, 1.82) is 0 Å². The normalized spacial score (nSPS) is 26.3. The number of aryl methyl sites for hydroxylation is 1. The Balaban J connectivity index is 1.89. The van der Waals surface area contributed by atoms with E-state index in [-0.39, 0.29) is 0 Å². The van der Waals surface area contributed by atoms with Gasteiger partial charge in [-0.05, 0) is 44.2 Å². The lowest BCUT2D eigenvalue weighted by Gasteiger charge is -2.27. The molecule has 0 amide bonds. The Morgan fingerprint density at radius 3 is 2.60 bits per heavy atom. The number of rotatable bonds is 2. The van der Waals surface area contributed by atoms with Crippen molar-refractivity contribution in [3.8, 4) is 0 Å². The van der Waals surface area contributed by atoms with Crippen LogP contribution in [-0.2, 0) is 0 Å². The molecule has 3 nitrogen and oxygen atoms in total. The van der Waals surface area contributed by atoms with Gasteiger partial charge in [0.1, 0.15) is 5.82 Å².